The van der Waals surface area contributed by atoms with Crippen molar-refractivity contribution in [1.82, 2.24) is 5.32 Å². The first-order valence-electron chi connectivity index (χ1n) is 15.4. The second-order valence-electron chi connectivity index (χ2n) is 11.0. The monoisotopic (exact) mass is 654 g/mol. The molecule has 5 aromatic carbocycles. The highest BCUT2D eigenvalue weighted by Gasteiger charge is 2.29. The van der Waals surface area contributed by atoms with Gasteiger partial charge < -0.3 is 30.5 Å². The van der Waals surface area contributed by atoms with E-state index in [0.29, 0.717) is 51.7 Å². The van der Waals surface area contributed by atoms with Crippen LogP contribution in [0.25, 0.3) is 0 Å². The number of nitriles is 1. The van der Waals surface area contributed by atoms with Gasteiger partial charge in [-0.1, -0.05) is 84.9 Å². The molecule has 0 aliphatic rings. The molecule has 0 bridgehead atoms. The second-order valence-corrected chi connectivity index (χ2v) is 11.0. The van der Waals surface area contributed by atoms with Crippen molar-refractivity contribution in [3.63, 3.8) is 0 Å². The van der Waals surface area contributed by atoms with E-state index in [4.69, 9.17) is 9.47 Å². The van der Waals surface area contributed by atoms with Crippen LogP contribution < -0.4 is 25.4 Å². The molecular formula is C39H34N4O6. The summed E-state index contributed by atoms with van der Waals surface area (Å²) in [6.45, 7) is 0.359. The number of carboxylic acid groups (broad SMARTS) is 1. The summed E-state index contributed by atoms with van der Waals surface area (Å²) in [5.74, 6) is -1.20. The van der Waals surface area contributed by atoms with Gasteiger partial charge >= 0.3 is 5.97 Å². The quantitative estimate of drug-likeness (QED) is 0.107. The van der Waals surface area contributed by atoms with E-state index in [-0.39, 0.29) is 12.3 Å². The number of anilines is 2. The lowest BCUT2D eigenvalue weighted by Crippen LogP contribution is -2.39. The first-order valence-corrected chi connectivity index (χ1v) is 15.4. The number of nitrogens with zero attached hydrogens (tertiary/aromatic N) is 1. The third-order valence-corrected chi connectivity index (χ3v) is 7.63. The number of nitrogens with one attached hydrogen (secondary N) is 3. The zero-order valence-electron chi connectivity index (χ0n) is 26.6. The van der Waals surface area contributed by atoms with Crippen LogP contribution in [0.5, 0.6) is 11.5 Å². The molecule has 10 heteroatoms. The average Bonchev–Trinajstić information content (AvgIpc) is 3.13. The number of methoxy groups -OCH3 is 1. The molecule has 246 valence electrons. The number of hydrogen-bond donors (Lipinski definition) is 4. The fourth-order valence-corrected chi connectivity index (χ4v) is 5.17. The van der Waals surface area contributed by atoms with Crippen molar-refractivity contribution in [1.29, 1.82) is 5.26 Å². The molecular weight excluding hydrogens is 620 g/mol. The maximum absolute atomic E-state index is 13.9. The lowest BCUT2D eigenvalue weighted by atomic mass is 10.0. The van der Waals surface area contributed by atoms with Crippen LogP contribution in [-0.2, 0) is 27.4 Å². The Morgan fingerprint density at radius 1 is 0.776 bits per heavy atom. The molecule has 0 heterocycles. The molecule has 5 rings (SSSR count). The Labute approximate surface area is 283 Å². The highest BCUT2D eigenvalue weighted by molar-refractivity contribution is 5.96. The van der Waals surface area contributed by atoms with Crippen molar-refractivity contribution < 1.29 is 29.0 Å². The normalized spacial score (nSPS) is 11.7. The number of hydrogen-bond acceptors (Lipinski definition) is 7. The molecule has 0 spiro atoms. The Kier molecular flexibility index (Phi) is 11.2. The van der Waals surface area contributed by atoms with Crippen LogP contribution >= 0.6 is 0 Å². The zero-order chi connectivity index (χ0) is 34.6. The van der Waals surface area contributed by atoms with E-state index in [1.807, 2.05) is 30.3 Å². The molecule has 5 aromatic rings. The van der Waals surface area contributed by atoms with Gasteiger partial charge in [-0.05, 0) is 59.2 Å². The van der Waals surface area contributed by atoms with Crippen LogP contribution in [0.15, 0.2) is 127 Å². The van der Waals surface area contributed by atoms with E-state index in [1.54, 1.807) is 97.1 Å². The second kappa shape index (κ2) is 16.3. The fourth-order valence-electron chi connectivity index (χ4n) is 5.17. The van der Waals surface area contributed by atoms with Crippen molar-refractivity contribution in [2.24, 2.45) is 0 Å². The predicted molar refractivity (Wildman–Crippen MR) is 185 cm³/mol. The maximum Gasteiger partial charge on any atom is 0.330 e. The number of carboxylic acids is 1. The molecule has 2 amide bonds. The molecule has 0 aromatic heterocycles. The topological polar surface area (TPSA) is 150 Å². The van der Waals surface area contributed by atoms with Gasteiger partial charge in [-0.2, -0.15) is 5.26 Å². The largest absolute Gasteiger partial charge is 0.493 e. The third kappa shape index (κ3) is 9.02. The first kappa shape index (κ1) is 33.8. The Hall–Kier alpha value is -6.60. The van der Waals surface area contributed by atoms with Crippen molar-refractivity contribution in [2.45, 2.75) is 25.1 Å². The molecule has 1 unspecified atom stereocenters. The molecule has 0 aliphatic heterocycles. The Balaban J connectivity index is 1.37. The van der Waals surface area contributed by atoms with E-state index in [0.717, 1.165) is 5.56 Å². The number of aliphatic carboxylic acids is 1. The zero-order valence-corrected chi connectivity index (χ0v) is 26.6. The Morgan fingerprint density at radius 2 is 1.45 bits per heavy atom. The summed E-state index contributed by atoms with van der Waals surface area (Å²) < 4.78 is 11.5. The molecule has 2 atom stereocenters. The van der Waals surface area contributed by atoms with Gasteiger partial charge in [0.15, 0.2) is 17.5 Å². The van der Waals surface area contributed by atoms with Gasteiger partial charge in [0.25, 0.3) is 0 Å². The molecule has 0 aliphatic carbocycles. The lowest BCUT2D eigenvalue weighted by Gasteiger charge is -2.25. The van der Waals surface area contributed by atoms with E-state index in [9.17, 15) is 24.8 Å². The number of rotatable bonds is 14. The first-order chi connectivity index (χ1) is 23.8. The minimum absolute atomic E-state index is 0.00132. The average molecular weight is 655 g/mol. The molecule has 0 radical (unpaired) electrons. The van der Waals surface area contributed by atoms with Crippen LogP contribution in [0.4, 0.5) is 11.4 Å². The molecule has 4 N–H and O–H groups in total. The van der Waals surface area contributed by atoms with Crippen molar-refractivity contribution >= 4 is 29.2 Å². The minimum atomic E-state index is -1.32. The van der Waals surface area contributed by atoms with Crippen LogP contribution in [-0.4, -0.2) is 30.0 Å². The SMILES string of the molecule is COc1cc(CC(=O)Nc2ccccc2[C@H](Nc2ccc(C#N)cc2)C(=O)NC(C(=O)O)c2ccccc2)ccc1OCc1ccccc1. The Bertz CT molecular complexity index is 1940. The lowest BCUT2D eigenvalue weighted by molar-refractivity contribution is -0.142. The number of benzene rings is 5. The summed E-state index contributed by atoms with van der Waals surface area (Å²) in [5, 5.41) is 27.9. The van der Waals surface area contributed by atoms with E-state index >= 15 is 0 Å². The molecule has 0 saturated carbocycles. The predicted octanol–water partition coefficient (Wildman–Crippen LogP) is 6.42. The van der Waals surface area contributed by atoms with Gasteiger partial charge in [-0.3, -0.25) is 9.59 Å². The number of para-hydroxylation sites is 1. The van der Waals surface area contributed by atoms with E-state index < -0.39 is 24.0 Å². The van der Waals surface area contributed by atoms with Gasteiger partial charge in [0.05, 0.1) is 25.2 Å². The number of carbonyl (C=O) groups excluding carboxylic acids is 2. The number of amides is 2. The summed E-state index contributed by atoms with van der Waals surface area (Å²) in [5.41, 5.74) is 3.78. The molecule has 0 saturated heterocycles. The molecule has 49 heavy (non-hydrogen) atoms. The van der Waals surface area contributed by atoms with Gasteiger partial charge in [0.2, 0.25) is 11.8 Å². The maximum atomic E-state index is 13.9. The molecule has 0 fully saturated rings. The summed E-state index contributed by atoms with van der Waals surface area (Å²) in [6.07, 6.45) is -0.00132. The van der Waals surface area contributed by atoms with Gasteiger partial charge in [0, 0.05) is 16.9 Å². The standard InChI is InChI=1S/C39H34N4O6/c1-48-34-22-28(18-21-33(34)49-25-27-10-4-2-5-11-27)23-35(44)42-32-15-9-8-14-31(32)37(41-30-19-16-26(24-40)17-20-30)38(45)43-36(39(46)47)29-12-6-3-7-13-29/h2-22,36-37,41H,23,25H2,1H3,(H,42,44)(H,43,45)(H,46,47)/t36?,37-/m0/s1. The van der Waals surface area contributed by atoms with Crippen LogP contribution in [0.3, 0.4) is 0 Å². The van der Waals surface area contributed by atoms with Gasteiger partial charge in [-0.25, -0.2) is 4.79 Å². The summed E-state index contributed by atoms with van der Waals surface area (Å²) in [4.78, 5) is 39.5. The third-order valence-electron chi connectivity index (χ3n) is 7.63. The van der Waals surface area contributed by atoms with Crippen LogP contribution in [0, 0.1) is 11.3 Å². The smallest absolute Gasteiger partial charge is 0.330 e. The van der Waals surface area contributed by atoms with E-state index in [1.165, 1.54) is 7.11 Å². The van der Waals surface area contributed by atoms with E-state index in [2.05, 4.69) is 22.0 Å². The highest BCUT2D eigenvalue weighted by Crippen LogP contribution is 2.31. The Morgan fingerprint density at radius 3 is 2.12 bits per heavy atom. The summed E-state index contributed by atoms with van der Waals surface area (Å²) >= 11 is 0. The van der Waals surface area contributed by atoms with Crippen molar-refractivity contribution in [3.05, 3.63) is 155 Å². The van der Waals surface area contributed by atoms with Crippen molar-refractivity contribution in [3.8, 4) is 17.6 Å². The number of carbonyl (C=O) groups is 3. The van der Waals surface area contributed by atoms with Gasteiger partial charge in [0.1, 0.15) is 12.6 Å². The number of ether oxygens (including phenoxy) is 2. The summed E-state index contributed by atoms with van der Waals surface area (Å²) in [6, 6.07) is 36.3. The minimum Gasteiger partial charge on any atom is -0.493 e. The van der Waals surface area contributed by atoms with Crippen LogP contribution in [0.1, 0.15) is 39.9 Å². The van der Waals surface area contributed by atoms with Crippen molar-refractivity contribution in [2.75, 3.05) is 17.7 Å². The van der Waals surface area contributed by atoms with Crippen LogP contribution in [0.2, 0.25) is 0 Å². The summed E-state index contributed by atoms with van der Waals surface area (Å²) in [7, 11) is 1.53. The molecule has 10 nitrogen and oxygen atoms in total. The fraction of sp³-hybridized carbons (Fsp3) is 0.128. The highest BCUT2D eigenvalue weighted by atomic mass is 16.5. The van der Waals surface area contributed by atoms with Gasteiger partial charge in [-0.15, -0.1) is 0 Å².